The van der Waals surface area contributed by atoms with Crippen molar-refractivity contribution in [3.05, 3.63) is 16.3 Å². The Bertz CT molecular complexity index is 532. The van der Waals surface area contributed by atoms with Crippen molar-refractivity contribution in [1.82, 2.24) is 20.5 Å². The molecule has 6 heteroatoms. The lowest BCUT2D eigenvalue weighted by molar-refractivity contribution is 0.480. The summed E-state index contributed by atoms with van der Waals surface area (Å²) in [6, 6.07) is 0.489. The summed E-state index contributed by atoms with van der Waals surface area (Å²) in [6.45, 7) is 7.19. The summed E-state index contributed by atoms with van der Waals surface area (Å²) >= 11 is 1.69. The van der Waals surface area contributed by atoms with E-state index in [1.54, 1.807) is 11.3 Å². The Morgan fingerprint density at radius 1 is 1.44 bits per heavy atom. The van der Waals surface area contributed by atoms with Crippen LogP contribution in [0, 0.1) is 6.92 Å². The van der Waals surface area contributed by atoms with E-state index >= 15 is 0 Å². The molecule has 1 atom stereocenters. The fourth-order valence-corrected chi connectivity index (χ4v) is 3.06. The summed E-state index contributed by atoms with van der Waals surface area (Å²) in [7, 11) is 0. The van der Waals surface area contributed by atoms with Gasteiger partial charge in [-0.1, -0.05) is 0 Å². The van der Waals surface area contributed by atoms with Gasteiger partial charge in [0, 0.05) is 36.6 Å². The van der Waals surface area contributed by atoms with Gasteiger partial charge in [0.2, 0.25) is 5.95 Å². The number of nitrogens with one attached hydrogen (secondary N) is 2. The number of piperazine rings is 1. The normalized spacial score (nSPS) is 20.3. The zero-order chi connectivity index (χ0) is 12.5. The molecular formula is C12H17N5S. The first kappa shape index (κ1) is 11.7. The standard InChI is InChI=1S/C12H17N5S/c1-8-6-18-7-10(8)11-14-12(16-15-11)17-4-3-13-9(2)5-17/h6-7,9,13H,3-5H2,1-2H3,(H,14,15,16)/t9-/m0/s1. The maximum Gasteiger partial charge on any atom is 0.245 e. The van der Waals surface area contributed by atoms with Gasteiger partial charge in [0.1, 0.15) is 0 Å². The fraction of sp³-hybridized carbons (Fsp3) is 0.500. The van der Waals surface area contributed by atoms with Gasteiger partial charge in [-0.05, 0) is 24.8 Å². The molecule has 0 aliphatic carbocycles. The van der Waals surface area contributed by atoms with E-state index in [2.05, 4.69) is 50.0 Å². The first-order chi connectivity index (χ1) is 8.74. The van der Waals surface area contributed by atoms with Crippen LogP contribution in [0.25, 0.3) is 11.4 Å². The smallest absolute Gasteiger partial charge is 0.245 e. The van der Waals surface area contributed by atoms with E-state index in [1.807, 2.05) is 0 Å². The van der Waals surface area contributed by atoms with Crippen molar-refractivity contribution in [3.8, 4) is 11.4 Å². The van der Waals surface area contributed by atoms with Crippen LogP contribution in [0.5, 0.6) is 0 Å². The van der Waals surface area contributed by atoms with Crippen molar-refractivity contribution in [2.45, 2.75) is 19.9 Å². The second-order valence-corrected chi connectivity index (χ2v) is 5.50. The zero-order valence-electron chi connectivity index (χ0n) is 10.6. The Labute approximate surface area is 110 Å². The van der Waals surface area contributed by atoms with Crippen LogP contribution in [0.1, 0.15) is 12.5 Å². The van der Waals surface area contributed by atoms with Gasteiger partial charge in [-0.15, -0.1) is 5.10 Å². The van der Waals surface area contributed by atoms with Crippen molar-refractivity contribution in [3.63, 3.8) is 0 Å². The van der Waals surface area contributed by atoms with Crippen LogP contribution in [-0.4, -0.2) is 40.9 Å². The van der Waals surface area contributed by atoms with Crippen LogP contribution in [-0.2, 0) is 0 Å². The fourth-order valence-electron chi connectivity index (χ4n) is 2.23. The molecule has 0 aromatic carbocycles. The summed E-state index contributed by atoms with van der Waals surface area (Å²) < 4.78 is 0. The molecule has 96 valence electrons. The molecule has 18 heavy (non-hydrogen) atoms. The number of anilines is 1. The average molecular weight is 263 g/mol. The molecule has 1 aliphatic rings. The largest absolute Gasteiger partial charge is 0.337 e. The van der Waals surface area contributed by atoms with Gasteiger partial charge in [-0.2, -0.15) is 16.3 Å². The highest BCUT2D eigenvalue weighted by molar-refractivity contribution is 7.08. The number of aryl methyl sites for hydroxylation is 1. The highest BCUT2D eigenvalue weighted by atomic mass is 32.1. The van der Waals surface area contributed by atoms with Crippen molar-refractivity contribution < 1.29 is 0 Å². The van der Waals surface area contributed by atoms with E-state index in [9.17, 15) is 0 Å². The van der Waals surface area contributed by atoms with Crippen LogP contribution in [0.3, 0.4) is 0 Å². The van der Waals surface area contributed by atoms with Gasteiger partial charge in [0.25, 0.3) is 0 Å². The van der Waals surface area contributed by atoms with E-state index in [4.69, 9.17) is 0 Å². The maximum atomic E-state index is 4.61. The van der Waals surface area contributed by atoms with E-state index < -0.39 is 0 Å². The summed E-state index contributed by atoms with van der Waals surface area (Å²) in [5, 5.41) is 15.0. The van der Waals surface area contributed by atoms with E-state index in [0.717, 1.165) is 37.0 Å². The lowest BCUT2D eigenvalue weighted by Gasteiger charge is -2.30. The lowest BCUT2D eigenvalue weighted by atomic mass is 10.2. The number of hydrogen-bond acceptors (Lipinski definition) is 5. The third-order valence-electron chi connectivity index (χ3n) is 3.24. The molecule has 0 unspecified atom stereocenters. The third-order valence-corrected chi connectivity index (χ3v) is 4.10. The van der Waals surface area contributed by atoms with E-state index in [-0.39, 0.29) is 0 Å². The van der Waals surface area contributed by atoms with E-state index in [1.165, 1.54) is 5.56 Å². The number of H-pyrrole nitrogens is 1. The molecule has 0 spiro atoms. The monoisotopic (exact) mass is 263 g/mol. The van der Waals surface area contributed by atoms with Gasteiger partial charge < -0.3 is 10.2 Å². The van der Waals surface area contributed by atoms with Gasteiger partial charge in [0.15, 0.2) is 5.82 Å². The molecular weight excluding hydrogens is 246 g/mol. The van der Waals surface area contributed by atoms with Gasteiger partial charge in [-0.25, -0.2) is 0 Å². The molecule has 1 fully saturated rings. The summed E-state index contributed by atoms with van der Waals surface area (Å²) in [6.07, 6.45) is 0. The number of rotatable bonds is 2. The number of aromatic amines is 1. The molecule has 1 aliphatic heterocycles. The lowest BCUT2D eigenvalue weighted by Crippen LogP contribution is -2.49. The second kappa shape index (κ2) is 4.70. The maximum absolute atomic E-state index is 4.61. The van der Waals surface area contributed by atoms with Crippen molar-refractivity contribution in [2.24, 2.45) is 0 Å². The summed E-state index contributed by atoms with van der Waals surface area (Å²) in [5.41, 5.74) is 2.40. The number of hydrogen-bond donors (Lipinski definition) is 2. The minimum absolute atomic E-state index is 0.489. The molecule has 3 rings (SSSR count). The minimum atomic E-state index is 0.489. The topological polar surface area (TPSA) is 56.8 Å². The Kier molecular flexibility index (Phi) is 3.05. The van der Waals surface area contributed by atoms with E-state index in [0.29, 0.717) is 6.04 Å². The average Bonchev–Trinajstić information content (AvgIpc) is 2.97. The number of nitrogens with zero attached hydrogens (tertiary/aromatic N) is 3. The predicted octanol–water partition coefficient (Wildman–Crippen LogP) is 1.64. The number of thiophene rings is 1. The highest BCUT2D eigenvalue weighted by Gasteiger charge is 2.19. The van der Waals surface area contributed by atoms with Crippen LogP contribution < -0.4 is 10.2 Å². The predicted molar refractivity (Wildman–Crippen MR) is 74.1 cm³/mol. The highest BCUT2D eigenvalue weighted by Crippen LogP contribution is 2.25. The molecule has 2 aromatic rings. The molecule has 0 bridgehead atoms. The van der Waals surface area contributed by atoms with Crippen LogP contribution in [0.4, 0.5) is 5.95 Å². The summed E-state index contributed by atoms with van der Waals surface area (Å²) in [5.74, 6) is 1.68. The molecule has 2 aromatic heterocycles. The molecule has 0 saturated carbocycles. The summed E-state index contributed by atoms with van der Waals surface area (Å²) in [4.78, 5) is 6.83. The first-order valence-corrected chi connectivity index (χ1v) is 7.12. The van der Waals surface area contributed by atoms with Crippen LogP contribution in [0.15, 0.2) is 10.8 Å². The Balaban J connectivity index is 1.83. The van der Waals surface area contributed by atoms with Crippen LogP contribution >= 0.6 is 11.3 Å². The molecule has 1 saturated heterocycles. The Morgan fingerprint density at radius 2 is 2.33 bits per heavy atom. The Morgan fingerprint density at radius 3 is 3.06 bits per heavy atom. The molecule has 2 N–H and O–H groups in total. The Hall–Kier alpha value is -1.40. The molecule has 0 radical (unpaired) electrons. The van der Waals surface area contributed by atoms with Gasteiger partial charge >= 0.3 is 0 Å². The van der Waals surface area contributed by atoms with Crippen molar-refractivity contribution in [1.29, 1.82) is 0 Å². The third kappa shape index (κ3) is 2.13. The molecule has 0 amide bonds. The van der Waals surface area contributed by atoms with Crippen LogP contribution in [0.2, 0.25) is 0 Å². The number of aromatic nitrogens is 3. The molecule has 5 nitrogen and oxygen atoms in total. The van der Waals surface area contributed by atoms with Crippen molar-refractivity contribution >= 4 is 17.3 Å². The second-order valence-electron chi connectivity index (χ2n) is 4.75. The minimum Gasteiger partial charge on any atom is -0.337 e. The SMILES string of the molecule is Cc1cscc1-c1nc(N2CCN[C@@H](C)C2)n[nH]1. The van der Waals surface area contributed by atoms with Gasteiger partial charge in [-0.3, -0.25) is 5.10 Å². The quantitative estimate of drug-likeness (QED) is 0.865. The van der Waals surface area contributed by atoms with Crippen molar-refractivity contribution in [2.75, 3.05) is 24.5 Å². The van der Waals surface area contributed by atoms with Gasteiger partial charge in [0.05, 0.1) is 0 Å². The first-order valence-electron chi connectivity index (χ1n) is 6.18. The molecule has 3 heterocycles. The zero-order valence-corrected chi connectivity index (χ0v) is 11.4.